The van der Waals surface area contributed by atoms with Crippen LogP contribution in [0.2, 0.25) is 0 Å². The lowest BCUT2D eigenvalue weighted by molar-refractivity contribution is -0.119. The number of rotatable bonds is 6. The fourth-order valence-electron chi connectivity index (χ4n) is 2.69. The van der Waals surface area contributed by atoms with Gasteiger partial charge in [-0.1, -0.05) is 24.3 Å². The lowest BCUT2D eigenvalue weighted by atomic mass is 10.2. The Morgan fingerprint density at radius 1 is 0.897 bits per heavy atom. The van der Waals surface area contributed by atoms with Crippen LogP contribution in [-0.4, -0.2) is 23.5 Å². The van der Waals surface area contributed by atoms with Gasteiger partial charge in [-0.05, 0) is 48.5 Å². The van der Waals surface area contributed by atoms with Gasteiger partial charge in [-0.3, -0.25) is 4.79 Å². The summed E-state index contributed by atoms with van der Waals surface area (Å²) in [6.45, 7) is -0.421. The van der Waals surface area contributed by atoms with E-state index >= 15 is 0 Å². The summed E-state index contributed by atoms with van der Waals surface area (Å²) in [5.74, 6) is 0.258. The largest absolute Gasteiger partial charge is 0.457 e. The Balaban J connectivity index is 1.31. The van der Waals surface area contributed by atoms with Gasteiger partial charge in [0.1, 0.15) is 17.0 Å². The van der Waals surface area contributed by atoms with Crippen molar-refractivity contribution in [2.45, 2.75) is 0 Å². The third kappa shape index (κ3) is 4.41. The van der Waals surface area contributed by atoms with E-state index in [1.165, 1.54) is 6.39 Å². The predicted molar refractivity (Wildman–Crippen MR) is 106 cm³/mol. The zero-order chi connectivity index (χ0) is 20.1. The van der Waals surface area contributed by atoms with Crippen molar-refractivity contribution in [3.05, 3.63) is 84.8 Å². The minimum atomic E-state index is -0.647. The average Bonchev–Trinajstić information content (AvgIpc) is 3.23. The molecule has 144 valence electrons. The average molecular weight is 388 g/mol. The Hall–Kier alpha value is -4.13. The molecule has 3 aromatic carbocycles. The lowest BCUT2D eigenvalue weighted by Crippen LogP contribution is -2.21. The number of nitrogens with one attached hydrogen (secondary N) is 1. The molecule has 0 aliphatic rings. The SMILES string of the molecule is O=C(COC(=O)c1cccc2ocnc12)Nc1ccc(Oc2ccccc2)cc1. The van der Waals surface area contributed by atoms with Crippen molar-refractivity contribution in [1.29, 1.82) is 0 Å². The van der Waals surface area contributed by atoms with Crippen molar-refractivity contribution in [2.75, 3.05) is 11.9 Å². The lowest BCUT2D eigenvalue weighted by Gasteiger charge is -2.09. The molecule has 1 aromatic heterocycles. The van der Waals surface area contributed by atoms with Crippen molar-refractivity contribution in [2.24, 2.45) is 0 Å². The smallest absolute Gasteiger partial charge is 0.340 e. The quantitative estimate of drug-likeness (QED) is 0.492. The highest BCUT2D eigenvalue weighted by Crippen LogP contribution is 2.22. The Bertz CT molecular complexity index is 1140. The number of carbonyl (C=O) groups is 2. The van der Waals surface area contributed by atoms with Crippen molar-refractivity contribution in [3.8, 4) is 11.5 Å². The summed E-state index contributed by atoms with van der Waals surface area (Å²) in [4.78, 5) is 28.3. The van der Waals surface area contributed by atoms with Gasteiger partial charge in [-0.25, -0.2) is 9.78 Å². The number of hydrogen-bond donors (Lipinski definition) is 1. The maximum absolute atomic E-state index is 12.2. The Kier molecular flexibility index (Phi) is 5.20. The van der Waals surface area contributed by atoms with E-state index in [1.807, 2.05) is 30.3 Å². The fraction of sp³-hybridized carbons (Fsp3) is 0.0455. The van der Waals surface area contributed by atoms with E-state index < -0.39 is 18.5 Å². The van der Waals surface area contributed by atoms with E-state index in [1.54, 1.807) is 42.5 Å². The molecular weight excluding hydrogens is 372 g/mol. The molecule has 0 saturated heterocycles. The van der Waals surface area contributed by atoms with E-state index in [-0.39, 0.29) is 5.56 Å². The molecule has 0 fully saturated rings. The number of oxazole rings is 1. The Labute approximate surface area is 165 Å². The van der Waals surface area contributed by atoms with E-state index in [9.17, 15) is 9.59 Å². The second kappa shape index (κ2) is 8.26. The second-order valence-electron chi connectivity index (χ2n) is 6.07. The summed E-state index contributed by atoms with van der Waals surface area (Å²) < 4.78 is 15.9. The molecule has 0 radical (unpaired) electrons. The molecule has 0 bridgehead atoms. The third-order valence-electron chi connectivity index (χ3n) is 4.03. The highest BCUT2D eigenvalue weighted by molar-refractivity contribution is 6.02. The van der Waals surface area contributed by atoms with Crippen LogP contribution < -0.4 is 10.1 Å². The van der Waals surface area contributed by atoms with Crippen LogP contribution in [-0.2, 0) is 9.53 Å². The van der Waals surface area contributed by atoms with Crippen LogP contribution in [0.4, 0.5) is 5.69 Å². The van der Waals surface area contributed by atoms with E-state index in [0.717, 1.165) is 5.75 Å². The number of esters is 1. The summed E-state index contributed by atoms with van der Waals surface area (Å²) in [7, 11) is 0. The molecule has 1 heterocycles. The number of carbonyl (C=O) groups excluding carboxylic acids is 2. The van der Waals surface area contributed by atoms with E-state index in [4.69, 9.17) is 13.9 Å². The highest BCUT2D eigenvalue weighted by Gasteiger charge is 2.15. The number of benzene rings is 3. The van der Waals surface area contributed by atoms with Gasteiger partial charge in [0, 0.05) is 5.69 Å². The van der Waals surface area contributed by atoms with Gasteiger partial charge >= 0.3 is 5.97 Å². The van der Waals surface area contributed by atoms with Crippen LogP contribution >= 0.6 is 0 Å². The Morgan fingerprint density at radius 3 is 2.45 bits per heavy atom. The first kappa shape index (κ1) is 18.2. The third-order valence-corrected chi connectivity index (χ3v) is 4.03. The fourth-order valence-corrected chi connectivity index (χ4v) is 2.69. The summed E-state index contributed by atoms with van der Waals surface area (Å²) in [5, 5.41) is 2.67. The van der Waals surface area contributed by atoms with Crippen LogP contribution in [0.1, 0.15) is 10.4 Å². The molecule has 29 heavy (non-hydrogen) atoms. The van der Waals surface area contributed by atoms with Gasteiger partial charge in [-0.2, -0.15) is 0 Å². The number of anilines is 1. The van der Waals surface area contributed by atoms with Crippen molar-refractivity contribution < 1.29 is 23.5 Å². The molecule has 0 aliphatic carbocycles. The van der Waals surface area contributed by atoms with Gasteiger partial charge in [-0.15, -0.1) is 0 Å². The van der Waals surface area contributed by atoms with Crippen LogP contribution in [0.25, 0.3) is 11.1 Å². The predicted octanol–water partition coefficient (Wildman–Crippen LogP) is 4.42. The number of hydrogen-bond acceptors (Lipinski definition) is 6. The molecule has 7 heteroatoms. The number of amides is 1. The first-order valence-electron chi connectivity index (χ1n) is 8.81. The summed E-state index contributed by atoms with van der Waals surface area (Å²) in [6, 6.07) is 21.2. The molecule has 4 rings (SSSR count). The zero-order valence-corrected chi connectivity index (χ0v) is 15.2. The van der Waals surface area contributed by atoms with Gasteiger partial charge in [0.05, 0.1) is 5.56 Å². The molecule has 4 aromatic rings. The molecule has 0 aliphatic heterocycles. The van der Waals surface area contributed by atoms with Gasteiger partial charge in [0.2, 0.25) is 0 Å². The topological polar surface area (TPSA) is 90.7 Å². The summed E-state index contributed by atoms with van der Waals surface area (Å²) in [5.41, 5.74) is 1.67. The standard InChI is InChI=1S/C22H16N2O5/c25-20(13-27-22(26)18-7-4-8-19-21(18)23-14-28-19)24-15-9-11-17(12-10-15)29-16-5-2-1-3-6-16/h1-12,14H,13H2,(H,24,25). The van der Waals surface area contributed by atoms with Crippen molar-refractivity contribution in [3.63, 3.8) is 0 Å². The molecule has 1 amide bonds. The molecule has 0 atom stereocenters. The van der Waals surface area contributed by atoms with Gasteiger partial charge in [0.15, 0.2) is 18.6 Å². The van der Waals surface area contributed by atoms with Crippen molar-refractivity contribution in [1.82, 2.24) is 4.98 Å². The van der Waals surface area contributed by atoms with E-state index in [0.29, 0.717) is 22.5 Å². The molecule has 0 unspecified atom stereocenters. The number of fused-ring (bicyclic) bond motifs is 1. The molecule has 0 spiro atoms. The van der Waals surface area contributed by atoms with Crippen LogP contribution in [0.5, 0.6) is 11.5 Å². The number of para-hydroxylation sites is 2. The minimum Gasteiger partial charge on any atom is -0.457 e. The summed E-state index contributed by atoms with van der Waals surface area (Å²) in [6.07, 6.45) is 1.25. The molecule has 0 saturated carbocycles. The monoisotopic (exact) mass is 388 g/mol. The summed E-state index contributed by atoms with van der Waals surface area (Å²) >= 11 is 0. The van der Waals surface area contributed by atoms with Crippen LogP contribution in [0.3, 0.4) is 0 Å². The van der Waals surface area contributed by atoms with E-state index in [2.05, 4.69) is 10.3 Å². The maximum Gasteiger partial charge on any atom is 0.340 e. The zero-order valence-electron chi connectivity index (χ0n) is 15.2. The number of ether oxygens (including phenoxy) is 2. The highest BCUT2D eigenvalue weighted by atomic mass is 16.5. The molecule has 7 nitrogen and oxygen atoms in total. The first-order valence-corrected chi connectivity index (χ1v) is 8.81. The van der Waals surface area contributed by atoms with Gasteiger partial charge in [0.25, 0.3) is 5.91 Å². The van der Waals surface area contributed by atoms with Gasteiger partial charge < -0.3 is 19.2 Å². The Morgan fingerprint density at radius 2 is 1.66 bits per heavy atom. The first-order chi connectivity index (χ1) is 14.2. The van der Waals surface area contributed by atoms with Crippen LogP contribution in [0.15, 0.2) is 83.6 Å². The minimum absolute atomic E-state index is 0.242. The number of aromatic nitrogens is 1. The number of nitrogens with zero attached hydrogens (tertiary/aromatic N) is 1. The maximum atomic E-state index is 12.2. The van der Waals surface area contributed by atoms with Crippen LogP contribution in [0, 0.1) is 0 Å². The second-order valence-corrected chi connectivity index (χ2v) is 6.07. The normalized spacial score (nSPS) is 10.5. The molecule has 1 N–H and O–H groups in total. The molecular formula is C22H16N2O5. The van der Waals surface area contributed by atoms with Crippen molar-refractivity contribution >= 4 is 28.7 Å².